The molecule has 0 unspecified atom stereocenters. The van der Waals surface area contributed by atoms with E-state index in [2.05, 4.69) is 6.07 Å². The highest BCUT2D eigenvalue weighted by Crippen LogP contribution is 2.21. The smallest absolute Gasteiger partial charge is 0.183 e. The molecule has 0 heterocycles. The molecule has 0 radical (unpaired) electrons. The summed E-state index contributed by atoms with van der Waals surface area (Å²) >= 11 is 0. The Bertz CT molecular complexity index is 295. The van der Waals surface area contributed by atoms with Gasteiger partial charge in [0.15, 0.2) is 6.29 Å². The van der Waals surface area contributed by atoms with E-state index >= 15 is 0 Å². The van der Waals surface area contributed by atoms with Crippen molar-refractivity contribution >= 4 is 0 Å². The minimum Gasteiger partial charge on any atom is -0.381 e. The van der Waals surface area contributed by atoms with Gasteiger partial charge in [0.05, 0.1) is 6.61 Å². The largest absolute Gasteiger partial charge is 0.381 e. The molecule has 0 atom stereocenters. The first-order chi connectivity index (χ1) is 7.83. The van der Waals surface area contributed by atoms with Crippen LogP contribution in [0.4, 0.5) is 0 Å². The number of hydrogen-bond acceptors (Lipinski definition) is 3. The molecule has 0 fully saturated rings. The van der Waals surface area contributed by atoms with Crippen molar-refractivity contribution in [2.45, 2.75) is 19.6 Å². The average molecular weight is 224 g/mol. The molecule has 1 aromatic rings. The van der Waals surface area contributed by atoms with E-state index in [4.69, 9.17) is 14.2 Å². The SMILES string of the molecule is CCOCCc1ccccc1C(OC)OC. The Morgan fingerprint density at radius 2 is 1.81 bits per heavy atom. The fraction of sp³-hybridized carbons (Fsp3) is 0.538. The number of rotatable bonds is 7. The lowest BCUT2D eigenvalue weighted by Crippen LogP contribution is -2.08. The molecule has 3 heteroatoms. The van der Waals surface area contributed by atoms with Gasteiger partial charge in [-0.15, -0.1) is 0 Å². The van der Waals surface area contributed by atoms with Crippen LogP contribution in [0.15, 0.2) is 24.3 Å². The van der Waals surface area contributed by atoms with E-state index in [1.54, 1.807) is 14.2 Å². The van der Waals surface area contributed by atoms with Gasteiger partial charge in [-0.2, -0.15) is 0 Å². The van der Waals surface area contributed by atoms with Gasteiger partial charge in [-0.1, -0.05) is 24.3 Å². The van der Waals surface area contributed by atoms with Crippen LogP contribution in [0.1, 0.15) is 24.3 Å². The lowest BCUT2D eigenvalue weighted by Gasteiger charge is -2.17. The summed E-state index contributed by atoms with van der Waals surface area (Å²) in [5.74, 6) is 0. The molecule has 3 nitrogen and oxygen atoms in total. The fourth-order valence-electron chi connectivity index (χ4n) is 1.67. The van der Waals surface area contributed by atoms with Crippen molar-refractivity contribution < 1.29 is 14.2 Å². The minimum atomic E-state index is -0.294. The highest BCUT2D eigenvalue weighted by atomic mass is 16.7. The second-order valence-electron chi connectivity index (χ2n) is 3.45. The minimum absolute atomic E-state index is 0.294. The van der Waals surface area contributed by atoms with Gasteiger partial charge < -0.3 is 14.2 Å². The number of ether oxygens (including phenoxy) is 3. The second kappa shape index (κ2) is 7.39. The zero-order chi connectivity index (χ0) is 11.8. The lowest BCUT2D eigenvalue weighted by molar-refractivity contribution is -0.106. The van der Waals surface area contributed by atoms with Crippen LogP contribution in [-0.4, -0.2) is 27.4 Å². The van der Waals surface area contributed by atoms with Crippen molar-refractivity contribution in [3.63, 3.8) is 0 Å². The standard InChI is InChI=1S/C13H20O3/c1-4-16-10-9-11-7-5-6-8-12(11)13(14-2)15-3/h5-8,13H,4,9-10H2,1-3H3. The molecule has 0 aliphatic carbocycles. The Morgan fingerprint density at radius 1 is 1.12 bits per heavy atom. The van der Waals surface area contributed by atoms with Crippen LogP contribution < -0.4 is 0 Å². The number of benzene rings is 1. The van der Waals surface area contributed by atoms with Crippen molar-refractivity contribution in [2.75, 3.05) is 27.4 Å². The van der Waals surface area contributed by atoms with E-state index in [-0.39, 0.29) is 6.29 Å². The molecule has 0 saturated heterocycles. The molecular formula is C13H20O3. The Labute approximate surface area is 97.3 Å². The second-order valence-corrected chi connectivity index (χ2v) is 3.45. The van der Waals surface area contributed by atoms with Gasteiger partial charge in [0, 0.05) is 26.4 Å². The first-order valence-electron chi connectivity index (χ1n) is 5.54. The van der Waals surface area contributed by atoms with Crippen LogP contribution in [0.25, 0.3) is 0 Å². The molecule has 0 aliphatic heterocycles. The van der Waals surface area contributed by atoms with Gasteiger partial charge in [0.1, 0.15) is 0 Å². The Morgan fingerprint density at radius 3 is 2.44 bits per heavy atom. The summed E-state index contributed by atoms with van der Waals surface area (Å²) < 4.78 is 15.9. The fourth-order valence-corrected chi connectivity index (χ4v) is 1.67. The van der Waals surface area contributed by atoms with Crippen molar-refractivity contribution in [3.05, 3.63) is 35.4 Å². The van der Waals surface area contributed by atoms with Crippen molar-refractivity contribution in [3.8, 4) is 0 Å². The van der Waals surface area contributed by atoms with Gasteiger partial charge in [0.25, 0.3) is 0 Å². The summed E-state index contributed by atoms with van der Waals surface area (Å²) in [5, 5.41) is 0. The lowest BCUT2D eigenvalue weighted by atomic mass is 10.0. The highest BCUT2D eigenvalue weighted by molar-refractivity contribution is 5.28. The van der Waals surface area contributed by atoms with Crippen molar-refractivity contribution in [1.29, 1.82) is 0 Å². The van der Waals surface area contributed by atoms with Gasteiger partial charge in [-0.3, -0.25) is 0 Å². The van der Waals surface area contributed by atoms with E-state index in [1.165, 1.54) is 5.56 Å². The van der Waals surface area contributed by atoms with Gasteiger partial charge in [0.2, 0.25) is 0 Å². The molecule has 0 N–H and O–H groups in total. The molecule has 1 aromatic carbocycles. The summed E-state index contributed by atoms with van der Waals surface area (Å²) in [6.07, 6.45) is 0.588. The summed E-state index contributed by atoms with van der Waals surface area (Å²) in [4.78, 5) is 0. The molecule has 0 amide bonds. The van der Waals surface area contributed by atoms with Crippen LogP contribution in [0.5, 0.6) is 0 Å². The van der Waals surface area contributed by atoms with Gasteiger partial charge >= 0.3 is 0 Å². The molecule has 1 rings (SSSR count). The van der Waals surface area contributed by atoms with Crippen LogP contribution in [-0.2, 0) is 20.6 Å². The quantitative estimate of drug-likeness (QED) is 0.526. The van der Waals surface area contributed by atoms with E-state index in [9.17, 15) is 0 Å². The predicted octanol–water partition coefficient (Wildman–Crippen LogP) is 2.56. The van der Waals surface area contributed by atoms with Crippen molar-refractivity contribution in [2.24, 2.45) is 0 Å². The summed E-state index contributed by atoms with van der Waals surface area (Å²) in [7, 11) is 3.29. The topological polar surface area (TPSA) is 27.7 Å². The Kier molecular flexibility index (Phi) is 6.08. The van der Waals surface area contributed by atoms with E-state index in [0.29, 0.717) is 0 Å². The molecule has 0 saturated carbocycles. The molecule has 90 valence electrons. The third-order valence-electron chi connectivity index (χ3n) is 2.46. The Balaban J connectivity index is 2.74. The first kappa shape index (κ1) is 13.2. The van der Waals surface area contributed by atoms with Crippen molar-refractivity contribution in [1.82, 2.24) is 0 Å². The van der Waals surface area contributed by atoms with Crippen LogP contribution in [0.3, 0.4) is 0 Å². The van der Waals surface area contributed by atoms with Crippen LogP contribution >= 0.6 is 0 Å². The molecule has 0 aliphatic rings. The first-order valence-corrected chi connectivity index (χ1v) is 5.54. The van der Waals surface area contributed by atoms with E-state index in [1.807, 2.05) is 25.1 Å². The molecule has 0 aromatic heterocycles. The highest BCUT2D eigenvalue weighted by Gasteiger charge is 2.12. The maximum atomic E-state index is 5.36. The average Bonchev–Trinajstić information content (AvgIpc) is 2.33. The number of methoxy groups -OCH3 is 2. The molecule has 16 heavy (non-hydrogen) atoms. The van der Waals surface area contributed by atoms with E-state index < -0.39 is 0 Å². The molecule has 0 bridgehead atoms. The third-order valence-corrected chi connectivity index (χ3v) is 2.46. The summed E-state index contributed by atoms with van der Waals surface area (Å²) in [6.45, 7) is 3.48. The summed E-state index contributed by atoms with van der Waals surface area (Å²) in [5.41, 5.74) is 2.29. The normalized spacial score (nSPS) is 11.0. The zero-order valence-corrected chi connectivity index (χ0v) is 10.2. The zero-order valence-electron chi connectivity index (χ0n) is 10.2. The number of hydrogen-bond donors (Lipinski definition) is 0. The van der Waals surface area contributed by atoms with Crippen LogP contribution in [0, 0.1) is 0 Å². The monoisotopic (exact) mass is 224 g/mol. The van der Waals surface area contributed by atoms with Gasteiger partial charge in [-0.05, 0) is 18.9 Å². The molecular weight excluding hydrogens is 204 g/mol. The molecule has 0 spiro atoms. The van der Waals surface area contributed by atoms with E-state index in [0.717, 1.165) is 25.2 Å². The van der Waals surface area contributed by atoms with Crippen LogP contribution in [0.2, 0.25) is 0 Å². The predicted molar refractivity (Wildman–Crippen MR) is 63.4 cm³/mol. The maximum Gasteiger partial charge on any atom is 0.183 e. The summed E-state index contributed by atoms with van der Waals surface area (Å²) in [6, 6.07) is 8.12. The van der Waals surface area contributed by atoms with Gasteiger partial charge in [-0.25, -0.2) is 0 Å². The maximum absolute atomic E-state index is 5.36. The third kappa shape index (κ3) is 3.59. The Hall–Kier alpha value is -0.900.